The predicted octanol–water partition coefficient (Wildman–Crippen LogP) is 7.00. The van der Waals surface area contributed by atoms with Gasteiger partial charge in [-0.2, -0.15) is 13.2 Å². The van der Waals surface area contributed by atoms with E-state index >= 15 is 0 Å². The number of carbonyl (C=O) groups is 1. The van der Waals surface area contributed by atoms with Crippen LogP contribution in [0, 0.1) is 5.92 Å². The lowest BCUT2D eigenvalue weighted by molar-refractivity contribution is -0.149. The molecule has 1 aliphatic carbocycles. The molecule has 0 amide bonds. The minimum Gasteiger partial charge on any atom is -0.474 e. The number of hydrogen-bond donors (Lipinski definition) is 1. The number of pyridine rings is 2. The number of aromatic amines is 1. The number of benzene rings is 2. The smallest absolute Gasteiger partial charge is 0.416 e. The Kier molecular flexibility index (Phi) is 7.13. The molecule has 208 valence electrons. The molecule has 0 radical (unpaired) electrons. The zero-order chi connectivity index (χ0) is 28.4. The molecule has 6 rings (SSSR count). The van der Waals surface area contributed by atoms with E-state index in [1.807, 2.05) is 36.4 Å². The fraction of sp³-hybridized carbons (Fsp3) is 0.226. The fourth-order valence-electron chi connectivity index (χ4n) is 4.91. The number of nitrogens with one attached hydrogen (secondary N) is 1. The number of alkyl halides is 3. The van der Waals surface area contributed by atoms with Gasteiger partial charge in [0.2, 0.25) is 5.88 Å². The third-order valence-electron chi connectivity index (χ3n) is 7.11. The molecule has 1 aliphatic rings. The lowest BCUT2D eigenvalue weighted by Crippen LogP contribution is -2.18. The highest BCUT2D eigenvalue weighted by molar-refractivity contribution is 5.80. The zero-order valence-electron chi connectivity index (χ0n) is 21.8. The van der Waals surface area contributed by atoms with Crippen molar-refractivity contribution in [3.63, 3.8) is 0 Å². The summed E-state index contributed by atoms with van der Waals surface area (Å²) in [7, 11) is 0. The summed E-state index contributed by atoms with van der Waals surface area (Å²) in [6.07, 6.45) is 0.775. The van der Waals surface area contributed by atoms with E-state index < -0.39 is 11.7 Å². The van der Waals surface area contributed by atoms with Crippen LogP contribution in [0.4, 0.5) is 13.2 Å². The first-order valence-electron chi connectivity index (χ1n) is 13.2. The standard InChI is InChI=1S/C31H25F3N4O3/c32-31(33,34)23-9-12-26-27(15-23)38-29(37-26)22-7-11-25(35-17-22)21-8-13-28(36-16-21)41-24-10-6-20(14-24)30(39)40-18-19-4-2-1-3-5-19/h1-5,7-9,11-13,15-17,20,24H,6,10,14,18H2,(H,37,38)/t20-,24-/m0/s1. The Bertz CT molecular complexity index is 1650. The summed E-state index contributed by atoms with van der Waals surface area (Å²) in [6, 6.07) is 20.2. The van der Waals surface area contributed by atoms with Gasteiger partial charge in [0.05, 0.1) is 28.2 Å². The first-order valence-corrected chi connectivity index (χ1v) is 13.2. The maximum atomic E-state index is 13.0. The average molecular weight is 559 g/mol. The summed E-state index contributed by atoms with van der Waals surface area (Å²) in [5, 5.41) is 0. The van der Waals surface area contributed by atoms with Gasteiger partial charge in [-0.05, 0) is 61.2 Å². The molecule has 3 aromatic heterocycles. The molecule has 5 aromatic rings. The average Bonchev–Trinajstić information content (AvgIpc) is 3.63. The van der Waals surface area contributed by atoms with Gasteiger partial charge in [0.15, 0.2) is 0 Å². The third kappa shape index (κ3) is 6.06. The molecule has 2 aromatic carbocycles. The number of ether oxygens (including phenoxy) is 2. The highest BCUT2D eigenvalue weighted by Crippen LogP contribution is 2.33. The van der Waals surface area contributed by atoms with Gasteiger partial charge in [0.1, 0.15) is 18.5 Å². The summed E-state index contributed by atoms with van der Waals surface area (Å²) in [5.41, 5.74) is 3.05. The molecule has 7 nitrogen and oxygen atoms in total. The molecule has 0 saturated heterocycles. The number of rotatable bonds is 7. The Labute approximate surface area is 233 Å². The minimum atomic E-state index is -4.42. The molecule has 0 aliphatic heterocycles. The Morgan fingerprint density at radius 3 is 2.46 bits per heavy atom. The van der Waals surface area contributed by atoms with E-state index in [1.165, 1.54) is 6.07 Å². The van der Waals surface area contributed by atoms with Gasteiger partial charge < -0.3 is 14.5 Å². The van der Waals surface area contributed by atoms with E-state index in [-0.39, 0.29) is 24.6 Å². The van der Waals surface area contributed by atoms with Crippen LogP contribution < -0.4 is 4.74 Å². The van der Waals surface area contributed by atoms with Crippen molar-refractivity contribution in [2.75, 3.05) is 0 Å². The van der Waals surface area contributed by atoms with E-state index in [0.29, 0.717) is 46.8 Å². The van der Waals surface area contributed by atoms with E-state index in [4.69, 9.17) is 9.47 Å². The number of hydrogen-bond acceptors (Lipinski definition) is 6. The minimum absolute atomic E-state index is 0.115. The van der Waals surface area contributed by atoms with Crippen LogP contribution in [0.5, 0.6) is 5.88 Å². The third-order valence-corrected chi connectivity index (χ3v) is 7.11. The van der Waals surface area contributed by atoms with Gasteiger partial charge in [0.25, 0.3) is 0 Å². The number of H-pyrrole nitrogens is 1. The number of aromatic nitrogens is 4. The SMILES string of the molecule is O=C(OCc1ccccc1)[C@H]1CC[C@H](Oc2ccc(-c3ccc(-c4nc5ccc(C(F)(F)F)cc5[nH]4)cn3)cn2)C1. The summed E-state index contributed by atoms with van der Waals surface area (Å²) >= 11 is 0. The second-order valence-corrected chi connectivity index (χ2v) is 9.98. The van der Waals surface area contributed by atoms with Crippen LogP contribution in [0.2, 0.25) is 0 Å². The van der Waals surface area contributed by atoms with Crippen molar-refractivity contribution < 1.29 is 27.4 Å². The second kappa shape index (κ2) is 11.0. The van der Waals surface area contributed by atoms with Crippen LogP contribution in [0.3, 0.4) is 0 Å². The lowest BCUT2D eigenvalue weighted by Gasteiger charge is -2.13. The van der Waals surface area contributed by atoms with Crippen LogP contribution >= 0.6 is 0 Å². The Morgan fingerprint density at radius 2 is 1.73 bits per heavy atom. The molecular formula is C31H25F3N4O3. The van der Waals surface area contributed by atoms with Crippen molar-refractivity contribution in [1.29, 1.82) is 0 Å². The largest absolute Gasteiger partial charge is 0.474 e. The summed E-state index contributed by atoms with van der Waals surface area (Å²) in [4.78, 5) is 28.7. The highest BCUT2D eigenvalue weighted by atomic mass is 19.4. The van der Waals surface area contributed by atoms with Gasteiger partial charge in [-0.15, -0.1) is 0 Å². The van der Waals surface area contributed by atoms with Crippen molar-refractivity contribution in [3.8, 4) is 28.5 Å². The van der Waals surface area contributed by atoms with Gasteiger partial charge in [-0.3, -0.25) is 9.78 Å². The van der Waals surface area contributed by atoms with Crippen molar-refractivity contribution in [2.45, 2.75) is 38.1 Å². The summed E-state index contributed by atoms with van der Waals surface area (Å²) < 4.78 is 50.6. The molecule has 0 bridgehead atoms. The molecule has 10 heteroatoms. The van der Waals surface area contributed by atoms with Crippen LogP contribution in [0.15, 0.2) is 85.2 Å². The Hall–Kier alpha value is -4.73. The monoisotopic (exact) mass is 558 g/mol. The van der Waals surface area contributed by atoms with E-state index in [9.17, 15) is 18.0 Å². The zero-order valence-corrected chi connectivity index (χ0v) is 21.8. The number of carbonyl (C=O) groups excluding carboxylic acids is 1. The van der Waals surface area contributed by atoms with Gasteiger partial charge >= 0.3 is 12.1 Å². The highest BCUT2D eigenvalue weighted by Gasteiger charge is 2.33. The molecule has 1 saturated carbocycles. The fourth-order valence-corrected chi connectivity index (χ4v) is 4.91. The van der Waals surface area contributed by atoms with Crippen LogP contribution in [0.25, 0.3) is 33.7 Å². The molecule has 1 N–H and O–H groups in total. The molecular weight excluding hydrogens is 533 g/mol. The van der Waals surface area contributed by atoms with Gasteiger partial charge in [-0.25, -0.2) is 9.97 Å². The van der Waals surface area contributed by atoms with Crippen molar-refractivity contribution in [3.05, 3.63) is 96.3 Å². The van der Waals surface area contributed by atoms with Crippen LogP contribution in [-0.2, 0) is 22.3 Å². The molecule has 2 atom stereocenters. The van der Waals surface area contributed by atoms with Crippen molar-refractivity contribution in [1.82, 2.24) is 19.9 Å². The first-order chi connectivity index (χ1) is 19.8. The van der Waals surface area contributed by atoms with Crippen LogP contribution in [0.1, 0.15) is 30.4 Å². The van der Waals surface area contributed by atoms with Crippen molar-refractivity contribution in [2.24, 2.45) is 5.92 Å². The number of nitrogens with zero attached hydrogens (tertiary/aromatic N) is 3. The normalized spacial score (nSPS) is 17.0. The Morgan fingerprint density at radius 1 is 0.927 bits per heavy atom. The van der Waals surface area contributed by atoms with E-state index in [1.54, 1.807) is 30.6 Å². The number of halogens is 3. The maximum absolute atomic E-state index is 13.0. The number of fused-ring (bicyclic) bond motifs is 1. The van der Waals surface area contributed by atoms with Gasteiger partial charge in [-0.1, -0.05) is 30.3 Å². The molecule has 41 heavy (non-hydrogen) atoms. The van der Waals surface area contributed by atoms with Crippen molar-refractivity contribution >= 4 is 17.0 Å². The van der Waals surface area contributed by atoms with E-state index in [2.05, 4.69) is 19.9 Å². The number of imidazole rings is 1. The summed E-state index contributed by atoms with van der Waals surface area (Å²) in [6.45, 7) is 0.265. The van der Waals surface area contributed by atoms with Gasteiger partial charge in [0, 0.05) is 29.6 Å². The van der Waals surface area contributed by atoms with E-state index in [0.717, 1.165) is 29.7 Å². The second-order valence-electron chi connectivity index (χ2n) is 9.98. The first kappa shape index (κ1) is 26.5. The number of esters is 1. The summed E-state index contributed by atoms with van der Waals surface area (Å²) in [5.74, 6) is 0.504. The Balaban J connectivity index is 1.05. The predicted molar refractivity (Wildman–Crippen MR) is 146 cm³/mol. The topological polar surface area (TPSA) is 90.0 Å². The molecule has 0 spiro atoms. The molecule has 1 fully saturated rings. The maximum Gasteiger partial charge on any atom is 0.416 e. The molecule has 0 unspecified atom stereocenters. The lowest BCUT2D eigenvalue weighted by atomic mass is 10.1. The quantitative estimate of drug-likeness (QED) is 0.217. The van der Waals surface area contributed by atoms with Crippen LogP contribution in [-0.4, -0.2) is 32.0 Å². The molecule has 3 heterocycles.